The topological polar surface area (TPSA) is 63.2 Å². The number of nitrogens with zero attached hydrogens (tertiary/aromatic N) is 1. The highest BCUT2D eigenvalue weighted by Gasteiger charge is 2.14. The minimum absolute atomic E-state index is 0.163. The number of carbonyl (C=O) groups excluding carboxylic acids is 1. The fourth-order valence-electron chi connectivity index (χ4n) is 2.91. The molecule has 2 heterocycles. The maximum absolute atomic E-state index is 11.9. The van der Waals surface area contributed by atoms with Crippen molar-refractivity contribution >= 4 is 23.9 Å². The van der Waals surface area contributed by atoms with E-state index < -0.39 is 0 Å². The van der Waals surface area contributed by atoms with Gasteiger partial charge in [0.05, 0.1) is 5.69 Å². The van der Waals surface area contributed by atoms with Gasteiger partial charge in [-0.05, 0) is 61.1 Å². The van der Waals surface area contributed by atoms with Crippen LogP contribution < -0.4 is 10.6 Å². The second-order valence-electron chi connectivity index (χ2n) is 6.46. The number of carbonyl (C=O) groups is 1. The minimum atomic E-state index is -0.163. The Morgan fingerprint density at radius 3 is 2.81 bits per heavy atom. The number of amides is 2. The van der Waals surface area contributed by atoms with E-state index in [0.29, 0.717) is 12.5 Å². The van der Waals surface area contributed by atoms with Gasteiger partial charge in [-0.15, -0.1) is 0 Å². The van der Waals surface area contributed by atoms with Gasteiger partial charge in [-0.2, -0.15) is 0 Å². The number of urea groups is 1. The lowest BCUT2D eigenvalue weighted by Gasteiger charge is -2.09. The summed E-state index contributed by atoms with van der Waals surface area (Å²) in [5.41, 5.74) is 2.75. The van der Waals surface area contributed by atoms with Crippen LogP contribution in [0, 0.1) is 5.92 Å². The van der Waals surface area contributed by atoms with Crippen molar-refractivity contribution in [1.29, 1.82) is 0 Å². The molecule has 0 spiro atoms. The first kappa shape index (κ1) is 18.1. The predicted octanol–water partition coefficient (Wildman–Crippen LogP) is 4.19. The van der Waals surface area contributed by atoms with E-state index in [1.807, 2.05) is 54.6 Å². The van der Waals surface area contributed by atoms with Crippen LogP contribution in [0.2, 0.25) is 0 Å². The second-order valence-corrected chi connectivity index (χ2v) is 6.46. The molecule has 26 heavy (non-hydrogen) atoms. The van der Waals surface area contributed by atoms with Crippen molar-refractivity contribution in [3.05, 3.63) is 59.9 Å². The molecule has 2 aromatic rings. The number of hydrogen-bond acceptors (Lipinski definition) is 3. The number of ether oxygens (including phenoxy) is 1. The maximum Gasteiger partial charge on any atom is 0.319 e. The molecule has 2 amide bonds. The van der Waals surface area contributed by atoms with Crippen molar-refractivity contribution in [3.8, 4) is 0 Å². The van der Waals surface area contributed by atoms with E-state index in [2.05, 4.69) is 15.6 Å². The van der Waals surface area contributed by atoms with E-state index in [0.717, 1.165) is 49.4 Å². The average Bonchev–Trinajstić information content (AvgIpc) is 3.19. The normalized spacial score (nSPS) is 16.7. The highest BCUT2D eigenvalue weighted by atomic mass is 16.5. The molecule has 1 aromatic heterocycles. The Morgan fingerprint density at radius 1 is 1.19 bits per heavy atom. The van der Waals surface area contributed by atoms with Crippen LogP contribution in [0.5, 0.6) is 0 Å². The molecule has 0 bridgehead atoms. The summed E-state index contributed by atoms with van der Waals surface area (Å²) in [6.45, 7) is 2.44. The molecule has 1 fully saturated rings. The molecule has 5 nitrogen and oxygen atoms in total. The van der Waals surface area contributed by atoms with Gasteiger partial charge in [0.1, 0.15) is 0 Å². The maximum atomic E-state index is 11.9. The highest BCUT2D eigenvalue weighted by molar-refractivity contribution is 5.89. The third-order valence-corrected chi connectivity index (χ3v) is 4.40. The van der Waals surface area contributed by atoms with Gasteiger partial charge in [-0.1, -0.05) is 24.3 Å². The molecule has 0 unspecified atom stereocenters. The van der Waals surface area contributed by atoms with Crippen LogP contribution in [-0.4, -0.2) is 30.8 Å². The summed E-state index contributed by atoms with van der Waals surface area (Å²) in [7, 11) is 0. The first-order valence-electron chi connectivity index (χ1n) is 9.11. The molecular formula is C21H25N3O2. The van der Waals surface area contributed by atoms with Gasteiger partial charge in [-0.3, -0.25) is 4.98 Å². The van der Waals surface area contributed by atoms with Crippen molar-refractivity contribution in [1.82, 2.24) is 10.3 Å². The van der Waals surface area contributed by atoms with Crippen LogP contribution in [0.4, 0.5) is 10.5 Å². The lowest BCUT2D eigenvalue weighted by atomic mass is 10.0. The zero-order chi connectivity index (χ0) is 18.0. The third-order valence-electron chi connectivity index (χ3n) is 4.40. The molecule has 0 aliphatic carbocycles. The molecule has 1 saturated heterocycles. The standard InChI is InChI=1S/C21H25N3O2/c25-21(23-14-3-4-18-12-15-26-16-18)24-20-10-7-17(8-11-20)6-9-19-5-1-2-13-22-19/h1-2,5-11,13,18H,3-4,12,14-16H2,(H2,23,24,25)/b9-6+/t18-/m1/s1. The third kappa shape index (κ3) is 6.01. The lowest BCUT2D eigenvalue weighted by molar-refractivity contribution is 0.184. The van der Waals surface area contributed by atoms with E-state index >= 15 is 0 Å². The first-order valence-corrected chi connectivity index (χ1v) is 9.11. The molecule has 0 radical (unpaired) electrons. The largest absolute Gasteiger partial charge is 0.381 e. The molecular weight excluding hydrogens is 326 g/mol. The highest BCUT2D eigenvalue weighted by Crippen LogP contribution is 2.17. The molecule has 136 valence electrons. The summed E-state index contributed by atoms with van der Waals surface area (Å²) in [6.07, 6.45) is 8.97. The van der Waals surface area contributed by atoms with Gasteiger partial charge in [0.15, 0.2) is 0 Å². The zero-order valence-corrected chi connectivity index (χ0v) is 14.9. The Labute approximate surface area is 154 Å². The van der Waals surface area contributed by atoms with Crippen molar-refractivity contribution in [3.63, 3.8) is 0 Å². The van der Waals surface area contributed by atoms with Crippen LogP contribution in [0.3, 0.4) is 0 Å². The fourth-order valence-corrected chi connectivity index (χ4v) is 2.91. The summed E-state index contributed by atoms with van der Waals surface area (Å²) in [4.78, 5) is 16.2. The number of hydrogen-bond donors (Lipinski definition) is 2. The minimum Gasteiger partial charge on any atom is -0.381 e. The molecule has 1 atom stereocenters. The van der Waals surface area contributed by atoms with Gasteiger partial charge in [0.2, 0.25) is 0 Å². The van der Waals surface area contributed by atoms with Gasteiger partial charge in [0.25, 0.3) is 0 Å². The van der Waals surface area contributed by atoms with Crippen LogP contribution in [0.25, 0.3) is 12.2 Å². The molecule has 1 aromatic carbocycles. The smallest absolute Gasteiger partial charge is 0.319 e. The van der Waals surface area contributed by atoms with E-state index in [4.69, 9.17) is 4.74 Å². The first-order chi connectivity index (χ1) is 12.8. The Kier molecular flexibility index (Phi) is 6.79. The quantitative estimate of drug-likeness (QED) is 0.735. The van der Waals surface area contributed by atoms with Crippen molar-refractivity contribution < 1.29 is 9.53 Å². The Hall–Kier alpha value is -2.66. The zero-order valence-electron chi connectivity index (χ0n) is 14.9. The van der Waals surface area contributed by atoms with E-state index in [1.54, 1.807) is 6.20 Å². The van der Waals surface area contributed by atoms with E-state index in [9.17, 15) is 4.79 Å². The van der Waals surface area contributed by atoms with Gasteiger partial charge in [-0.25, -0.2) is 4.79 Å². The van der Waals surface area contributed by atoms with Crippen molar-refractivity contribution in [2.75, 3.05) is 25.1 Å². The summed E-state index contributed by atoms with van der Waals surface area (Å²) in [5, 5.41) is 5.76. The molecule has 1 aliphatic heterocycles. The number of rotatable bonds is 7. The van der Waals surface area contributed by atoms with Crippen molar-refractivity contribution in [2.45, 2.75) is 19.3 Å². The molecule has 1 aliphatic rings. The van der Waals surface area contributed by atoms with Crippen LogP contribution in [0.1, 0.15) is 30.5 Å². The van der Waals surface area contributed by atoms with Gasteiger partial charge in [0, 0.05) is 31.6 Å². The van der Waals surface area contributed by atoms with Crippen molar-refractivity contribution in [2.24, 2.45) is 5.92 Å². The Bertz CT molecular complexity index is 708. The number of pyridine rings is 1. The van der Waals surface area contributed by atoms with Crippen LogP contribution in [0.15, 0.2) is 48.7 Å². The summed E-state index contributed by atoms with van der Waals surface area (Å²) in [6, 6.07) is 13.4. The molecule has 3 rings (SSSR count). The second kappa shape index (κ2) is 9.73. The summed E-state index contributed by atoms with van der Waals surface area (Å²) < 4.78 is 5.36. The predicted molar refractivity (Wildman–Crippen MR) is 105 cm³/mol. The Balaban J connectivity index is 1.39. The van der Waals surface area contributed by atoms with Crippen LogP contribution >= 0.6 is 0 Å². The van der Waals surface area contributed by atoms with Gasteiger partial charge < -0.3 is 15.4 Å². The Morgan fingerprint density at radius 2 is 2.08 bits per heavy atom. The fraction of sp³-hybridized carbons (Fsp3) is 0.333. The number of nitrogens with one attached hydrogen (secondary N) is 2. The SMILES string of the molecule is O=C(NCCC[C@@H]1CCOC1)Nc1ccc(/C=C/c2ccccn2)cc1. The molecule has 0 saturated carbocycles. The summed E-state index contributed by atoms with van der Waals surface area (Å²) >= 11 is 0. The number of aromatic nitrogens is 1. The van der Waals surface area contributed by atoms with Crippen LogP contribution in [-0.2, 0) is 4.74 Å². The summed E-state index contributed by atoms with van der Waals surface area (Å²) in [5.74, 6) is 0.659. The number of anilines is 1. The lowest BCUT2D eigenvalue weighted by Crippen LogP contribution is -2.29. The van der Waals surface area contributed by atoms with Gasteiger partial charge >= 0.3 is 6.03 Å². The molecule has 5 heteroatoms. The monoisotopic (exact) mass is 351 g/mol. The van der Waals surface area contributed by atoms with E-state index in [-0.39, 0.29) is 6.03 Å². The average molecular weight is 351 g/mol. The van der Waals surface area contributed by atoms with E-state index in [1.165, 1.54) is 0 Å². The molecule has 2 N–H and O–H groups in total. The number of benzene rings is 1.